The molecule has 1 saturated heterocycles. The number of hydrogen-bond donors (Lipinski definition) is 1. The highest BCUT2D eigenvalue weighted by Crippen LogP contribution is 2.33. The number of anilines is 2. The number of nitrogens with zero attached hydrogens (tertiary/aromatic N) is 4. The van der Waals surface area contributed by atoms with Gasteiger partial charge in [-0.05, 0) is 18.6 Å². The second-order valence-electron chi connectivity index (χ2n) is 7.11. The average Bonchev–Trinajstić information content (AvgIpc) is 2.94. The van der Waals surface area contributed by atoms with Crippen LogP contribution in [0.2, 0.25) is 10.0 Å². The fourth-order valence-corrected chi connectivity index (χ4v) is 3.78. The molecule has 2 heterocycles. The van der Waals surface area contributed by atoms with Crippen LogP contribution >= 0.6 is 23.2 Å². The summed E-state index contributed by atoms with van der Waals surface area (Å²) < 4.78 is 38.5. The fourth-order valence-electron chi connectivity index (χ4n) is 3.27. The van der Waals surface area contributed by atoms with Gasteiger partial charge in [-0.15, -0.1) is 0 Å². The summed E-state index contributed by atoms with van der Waals surface area (Å²) in [6.07, 6.45) is -3.12. The second kappa shape index (κ2) is 9.88. The molecule has 1 aliphatic rings. The van der Waals surface area contributed by atoms with Crippen LogP contribution < -0.4 is 10.2 Å². The van der Waals surface area contributed by atoms with E-state index < -0.39 is 16.7 Å². The number of pyridine rings is 1. The number of nitro groups is 1. The third kappa shape index (κ3) is 5.99. The van der Waals surface area contributed by atoms with E-state index >= 15 is 0 Å². The first kappa shape index (κ1) is 24.0. The number of amides is 1. The van der Waals surface area contributed by atoms with Crippen molar-refractivity contribution in [1.82, 2.24) is 9.88 Å². The molecule has 8 nitrogen and oxygen atoms in total. The van der Waals surface area contributed by atoms with Crippen molar-refractivity contribution in [3.05, 3.63) is 56.2 Å². The second-order valence-corrected chi connectivity index (χ2v) is 7.93. The van der Waals surface area contributed by atoms with E-state index in [2.05, 4.69) is 10.3 Å². The normalized spacial score (nSPS) is 15.3. The van der Waals surface area contributed by atoms with Crippen molar-refractivity contribution in [2.75, 3.05) is 42.9 Å². The molecule has 1 N–H and O–H groups in total. The van der Waals surface area contributed by atoms with E-state index in [1.807, 2.05) is 4.90 Å². The highest BCUT2D eigenvalue weighted by molar-refractivity contribution is 6.34. The molecule has 0 unspecified atom stereocenters. The third-order valence-electron chi connectivity index (χ3n) is 4.84. The molecule has 1 aliphatic heterocycles. The van der Waals surface area contributed by atoms with Gasteiger partial charge in [0.2, 0.25) is 5.91 Å². The van der Waals surface area contributed by atoms with Gasteiger partial charge in [-0.2, -0.15) is 13.2 Å². The van der Waals surface area contributed by atoms with Crippen molar-refractivity contribution in [3.8, 4) is 0 Å². The van der Waals surface area contributed by atoms with Crippen molar-refractivity contribution in [3.63, 3.8) is 0 Å². The topological polar surface area (TPSA) is 91.6 Å². The molecule has 0 saturated carbocycles. The Bertz CT molecular complexity index is 1020. The number of benzene rings is 1. The zero-order valence-electron chi connectivity index (χ0n) is 16.5. The van der Waals surface area contributed by atoms with Crippen LogP contribution in [0.25, 0.3) is 0 Å². The minimum absolute atomic E-state index is 0.0509. The number of alkyl halides is 3. The number of halogens is 5. The van der Waals surface area contributed by atoms with E-state index in [9.17, 15) is 28.1 Å². The monoisotopic (exact) mass is 491 g/mol. The number of carbonyl (C=O) groups excluding carboxylic acids is 1. The SMILES string of the molecule is O=C(CN1CCCN(c2ncc(C(F)(F)F)cc2Cl)CC1)Nc1ccc([N+](=O)[O-])cc1Cl. The number of hydrogen-bond acceptors (Lipinski definition) is 6. The Kier molecular flexibility index (Phi) is 7.42. The smallest absolute Gasteiger partial charge is 0.354 e. The number of non-ortho nitro benzene ring substituents is 1. The standard InChI is InChI=1S/C19H18Cl2F3N5O3/c20-14-9-13(29(31)32)2-3-16(14)26-17(30)11-27-4-1-5-28(7-6-27)18-15(21)8-12(10-25-18)19(22,23)24/h2-3,8-10H,1,4-7,11H2,(H,26,30). The largest absolute Gasteiger partial charge is 0.417 e. The lowest BCUT2D eigenvalue weighted by Gasteiger charge is -2.23. The summed E-state index contributed by atoms with van der Waals surface area (Å²) in [5.74, 6) is -0.0801. The molecular weight excluding hydrogens is 474 g/mol. The molecule has 172 valence electrons. The summed E-state index contributed by atoms with van der Waals surface area (Å²) in [6, 6.07) is 4.61. The predicted octanol–water partition coefficient (Wildman–Crippen LogP) is 4.47. The molecule has 0 bridgehead atoms. The lowest BCUT2D eigenvalue weighted by atomic mass is 10.2. The lowest BCUT2D eigenvalue weighted by Crippen LogP contribution is -2.36. The summed E-state index contributed by atoms with van der Waals surface area (Å²) in [5, 5.41) is 13.4. The van der Waals surface area contributed by atoms with Gasteiger partial charge in [-0.1, -0.05) is 23.2 Å². The molecule has 0 spiro atoms. The highest BCUT2D eigenvalue weighted by atomic mass is 35.5. The number of nitrogens with one attached hydrogen (secondary N) is 1. The Balaban J connectivity index is 1.59. The molecule has 0 radical (unpaired) electrons. The number of aromatic nitrogens is 1. The van der Waals surface area contributed by atoms with E-state index in [4.69, 9.17) is 23.2 Å². The molecule has 32 heavy (non-hydrogen) atoms. The van der Waals surface area contributed by atoms with Crippen molar-refractivity contribution >= 4 is 46.3 Å². The maximum absolute atomic E-state index is 12.8. The minimum Gasteiger partial charge on any atom is -0.354 e. The van der Waals surface area contributed by atoms with Gasteiger partial charge in [0.25, 0.3) is 5.69 Å². The van der Waals surface area contributed by atoms with Crippen LogP contribution in [-0.2, 0) is 11.0 Å². The van der Waals surface area contributed by atoms with Crippen molar-refractivity contribution in [1.29, 1.82) is 0 Å². The zero-order chi connectivity index (χ0) is 23.5. The molecule has 3 rings (SSSR count). The van der Waals surface area contributed by atoms with Crippen LogP contribution in [0.1, 0.15) is 12.0 Å². The van der Waals surface area contributed by atoms with E-state index in [-0.39, 0.29) is 39.7 Å². The Hall–Kier alpha value is -2.63. The highest BCUT2D eigenvalue weighted by Gasteiger charge is 2.32. The molecule has 1 aromatic carbocycles. The number of carbonyl (C=O) groups is 1. The molecule has 2 aromatic rings. The molecule has 0 aliphatic carbocycles. The van der Waals surface area contributed by atoms with E-state index in [0.717, 1.165) is 18.3 Å². The van der Waals surface area contributed by atoms with Crippen LogP contribution in [0, 0.1) is 10.1 Å². The molecule has 1 amide bonds. The van der Waals surface area contributed by atoms with Crippen LogP contribution in [0.15, 0.2) is 30.5 Å². The Morgan fingerprint density at radius 2 is 1.91 bits per heavy atom. The zero-order valence-corrected chi connectivity index (χ0v) is 18.0. The maximum atomic E-state index is 12.8. The van der Waals surface area contributed by atoms with Gasteiger partial charge in [-0.3, -0.25) is 19.8 Å². The van der Waals surface area contributed by atoms with Crippen molar-refractivity contribution in [2.24, 2.45) is 0 Å². The summed E-state index contributed by atoms with van der Waals surface area (Å²) in [4.78, 5) is 30.2. The van der Waals surface area contributed by atoms with Gasteiger partial charge in [0.05, 0.1) is 32.8 Å². The summed E-state index contributed by atoms with van der Waals surface area (Å²) in [7, 11) is 0. The Labute approximate surface area is 191 Å². The van der Waals surface area contributed by atoms with Gasteiger partial charge < -0.3 is 10.2 Å². The van der Waals surface area contributed by atoms with Crippen LogP contribution in [0.5, 0.6) is 0 Å². The van der Waals surface area contributed by atoms with Crippen LogP contribution in [0.3, 0.4) is 0 Å². The first-order valence-electron chi connectivity index (χ1n) is 9.48. The fraction of sp³-hybridized carbons (Fsp3) is 0.368. The van der Waals surface area contributed by atoms with Crippen LogP contribution in [0.4, 0.5) is 30.4 Å². The first-order valence-corrected chi connectivity index (χ1v) is 10.2. The molecule has 1 aromatic heterocycles. The van der Waals surface area contributed by atoms with Gasteiger partial charge in [0.1, 0.15) is 5.82 Å². The Morgan fingerprint density at radius 3 is 2.53 bits per heavy atom. The summed E-state index contributed by atoms with van der Waals surface area (Å²) in [6.45, 7) is 2.03. The number of rotatable bonds is 5. The van der Waals surface area contributed by atoms with Crippen LogP contribution in [-0.4, -0.2) is 53.4 Å². The molecule has 1 fully saturated rings. The molecule has 0 atom stereocenters. The summed E-state index contributed by atoms with van der Waals surface area (Å²) in [5.41, 5.74) is -0.833. The van der Waals surface area contributed by atoms with Gasteiger partial charge in [-0.25, -0.2) is 4.98 Å². The van der Waals surface area contributed by atoms with Gasteiger partial charge >= 0.3 is 6.18 Å². The van der Waals surface area contributed by atoms with E-state index in [1.54, 1.807) is 4.90 Å². The van der Waals surface area contributed by atoms with Crippen molar-refractivity contribution < 1.29 is 22.9 Å². The van der Waals surface area contributed by atoms with Crippen molar-refractivity contribution in [2.45, 2.75) is 12.6 Å². The number of nitro benzene ring substituents is 1. The average molecular weight is 492 g/mol. The molecule has 13 heteroatoms. The van der Waals surface area contributed by atoms with E-state index in [1.165, 1.54) is 12.1 Å². The minimum atomic E-state index is -4.52. The first-order chi connectivity index (χ1) is 15.0. The third-order valence-corrected chi connectivity index (χ3v) is 5.43. The maximum Gasteiger partial charge on any atom is 0.417 e. The lowest BCUT2D eigenvalue weighted by molar-refractivity contribution is -0.384. The van der Waals surface area contributed by atoms with Gasteiger partial charge in [0.15, 0.2) is 0 Å². The van der Waals surface area contributed by atoms with Gasteiger partial charge in [0, 0.05) is 44.5 Å². The molecular formula is C19H18Cl2F3N5O3. The Morgan fingerprint density at radius 1 is 1.16 bits per heavy atom. The summed E-state index contributed by atoms with van der Waals surface area (Å²) >= 11 is 12.0. The van der Waals surface area contributed by atoms with E-state index in [0.29, 0.717) is 32.6 Å². The predicted molar refractivity (Wildman–Crippen MR) is 114 cm³/mol. The quantitative estimate of drug-likeness (QED) is 0.490.